The van der Waals surface area contributed by atoms with Crippen molar-refractivity contribution in [3.8, 4) is 0 Å². The van der Waals surface area contributed by atoms with Gasteiger partial charge in [-0.2, -0.15) is 0 Å². The fourth-order valence-corrected chi connectivity index (χ4v) is 5.88. The molecule has 1 saturated carbocycles. The highest BCUT2D eigenvalue weighted by Gasteiger charge is 2.53. The van der Waals surface area contributed by atoms with Crippen molar-refractivity contribution in [1.82, 2.24) is 0 Å². The largest absolute Gasteiger partial charge is 0.465 e. The molecule has 0 aromatic heterocycles. The first-order valence-electron chi connectivity index (χ1n) is 13.1. The fourth-order valence-electron chi connectivity index (χ4n) is 5.88. The molecular formula is C31H40O6. The van der Waals surface area contributed by atoms with Gasteiger partial charge in [-0.15, -0.1) is 0 Å². The van der Waals surface area contributed by atoms with Crippen LogP contribution in [-0.2, 0) is 23.8 Å². The van der Waals surface area contributed by atoms with Crippen LogP contribution in [0.4, 0.5) is 0 Å². The van der Waals surface area contributed by atoms with Crippen molar-refractivity contribution in [2.45, 2.75) is 66.6 Å². The molecule has 200 valence electrons. The summed E-state index contributed by atoms with van der Waals surface area (Å²) in [6, 6.07) is 8.98. The van der Waals surface area contributed by atoms with Gasteiger partial charge in [0, 0.05) is 25.7 Å². The number of benzene rings is 1. The summed E-state index contributed by atoms with van der Waals surface area (Å²) in [5.74, 6) is -1.17. The summed E-state index contributed by atoms with van der Waals surface area (Å²) in [5, 5.41) is 0. The van der Waals surface area contributed by atoms with Crippen LogP contribution in [0.25, 0.3) is 0 Å². The quantitative estimate of drug-likeness (QED) is 0.228. The van der Waals surface area contributed by atoms with Crippen molar-refractivity contribution in [3.05, 3.63) is 71.3 Å². The van der Waals surface area contributed by atoms with Crippen LogP contribution in [0, 0.1) is 29.6 Å². The molecule has 6 heteroatoms. The van der Waals surface area contributed by atoms with Gasteiger partial charge in [0.2, 0.25) is 0 Å². The monoisotopic (exact) mass is 508 g/mol. The van der Waals surface area contributed by atoms with E-state index in [2.05, 4.69) is 45.9 Å². The van der Waals surface area contributed by atoms with E-state index in [9.17, 15) is 14.4 Å². The normalized spacial score (nSPS) is 29.0. The Labute approximate surface area is 220 Å². The Bertz CT molecular complexity index is 1050. The third-order valence-electron chi connectivity index (χ3n) is 7.56. The van der Waals surface area contributed by atoms with Crippen molar-refractivity contribution >= 4 is 17.9 Å². The minimum absolute atomic E-state index is 0.0229. The van der Waals surface area contributed by atoms with E-state index >= 15 is 0 Å². The summed E-state index contributed by atoms with van der Waals surface area (Å²) >= 11 is 0. The number of ether oxygens (including phenoxy) is 3. The molecule has 0 radical (unpaired) electrons. The van der Waals surface area contributed by atoms with E-state index in [1.165, 1.54) is 25.0 Å². The molecule has 1 fully saturated rings. The summed E-state index contributed by atoms with van der Waals surface area (Å²) in [6.45, 7) is 11.3. The lowest BCUT2D eigenvalue weighted by Crippen LogP contribution is -2.40. The minimum Gasteiger partial charge on any atom is -0.465 e. The highest BCUT2D eigenvalue weighted by Crippen LogP contribution is 2.52. The topological polar surface area (TPSA) is 78.9 Å². The molecule has 6 nitrogen and oxygen atoms in total. The highest BCUT2D eigenvalue weighted by molar-refractivity contribution is 5.89. The molecule has 2 aliphatic rings. The fraction of sp³-hybridized carbons (Fsp3) is 0.516. The number of carbonyl (C=O) groups excluding carboxylic acids is 3. The van der Waals surface area contributed by atoms with Crippen LogP contribution in [0.2, 0.25) is 0 Å². The molecule has 1 aromatic rings. The number of allylic oxidation sites excluding steroid dienone is 5. The zero-order chi connectivity index (χ0) is 27.1. The third-order valence-corrected chi connectivity index (χ3v) is 7.56. The minimum atomic E-state index is -0.434. The molecule has 0 N–H and O–H groups in total. The maximum atomic E-state index is 13.0. The molecular weight excluding hydrogens is 468 g/mol. The van der Waals surface area contributed by atoms with E-state index in [1.807, 2.05) is 24.3 Å². The van der Waals surface area contributed by atoms with Crippen LogP contribution >= 0.6 is 0 Å². The molecule has 3 rings (SSSR count). The number of rotatable bonds is 9. The molecule has 1 aromatic carbocycles. The predicted molar refractivity (Wildman–Crippen MR) is 143 cm³/mol. The lowest BCUT2D eigenvalue weighted by atomic mass is 9.71. The summed E-state index contributed by atoms with van der Waals surface area (Å²) in [4.78, 5) is 36.8. The van der Waals surface area contributed by atoms with Gasteiger partial charge in [-0.1, -0.05) is 54.5 Å². The van der Waals surface area contributed by atoms with Gasteiger partial charge in [0.25, 0.3) is 0 Å². The van der Waals surface area contributed by atoms with Crippen LogP contribution in [0.5, 0.6) is 0 Å². The Morgan fingerprint density at radius 3 is 2.22 bits per heavy atom. The van der Waals surface area contributed by atoms with Gasteiger partial charge in [0.15, 0.2) is 0 Å². The Morgan fingerprint density at radius 2 is 1.59 bits per heavy atom. The van der Waals surface area contributed by atoms with Crippen molar-refractivity contribution in [3.63, 3.8) is 0 Å². The average molecular weight is 509 g/mol. The molecule has 2 aliphatic carbocycles. The average Bonchev–Trinajstić information content (AvgIpc) is 3.36. The summed E-state index contributed by atoms with van der Waals surface area (Å²) in [7, 11) is 0. The highest BCUT2D eigenvalue weighted by atomic mass is 16.6. The van der Waals surface area contributed by atoms with Gasteiger partial charge in [0.1, 0.15) is 12.2 Å². The number of hydrogen-bond donors (Lipinski definition) is 0. The lowest BCUT2D eigenvalue weighted by Gasteiger charge is -2.36. The molecule has 0 unspecified atom stereocenters. The molecule has 0 saturated heterocycles. The standard InChI is InChI=1S/C31H40O6/c1-19(2)11-10-12-20(3)25-17-28(36-23(6)33)26(18-35-22(5)32)30(25)29-21(4)15-16-27(29)37-31(34)24-13-8-7-9-14-24/h7-9,11-16,21,25-30H,10,17-18H2,1-6H3/b20-12-/t21-,25+,26-,27-,28-,29-,30-/m1/s1. The van der Waals surface area contributed by atoms with Crippen molar-refractivity contribution in [2.75, 3.05) is 6.61 Å². The van der Waals surface area contributed by atoms with Crippen LogP contribution in [0.15, 0.2) is 65.8 Å². The van der Waals surface area contributed by atoms with Gasteiger partial charge in [0.05, 0.1) is 12.2 Å². The van der Waals surface area contributed by atoms with Crippen molar-refractivity contribution in [2.24, 2.45) is 29.6 Å². The first kappa shape index (κ1) is 28.4. The van der Waals surface area contributed by atoms with Crippen LogP contribution in [0.1, 0.15) is 64.7 Å². The zero-order valence-electron chi connectivity index (χ0n) is 22.8. The second-order valence-electron chi connectivity index (χ2n) is 10.6. The second kappa shape index (κ2) is 12.9. The van der Waals surface area contributed by atoms with Gasteiger partial charge >= 0.3 is 17.9 Å². The molecule has 0 spiro atoms. The number of esters is 3. The number of hydrogen-bond acceptors (Lipinski definition) is 6. The summed E-state index contributed by atoms with van der Waals surface area (Å²) in [6.07, 6.45) is 9.09. The molecule has 0 aliphatic heterocycles. The van der Waals surface area contributed by atoms with E-state index in [4.69, 9.17) is 14.2 Å². The van der Waals surface area contributed by atoms with Gasteiger partial charge in [-0.05, 0) is 69.6 Å². The summed E-state index contributed by atoms with van der Waals surface area (Å²) < 4.78 is 17.3. The van der Waals surface area contributed by atoms with E-state index in [1.54, 1.807) is 12.1 Å². The molecule has 7 atom stereocenters. The Morgan fingerprint density at radius 1 is 0.892 bits per heavy atom. The van der Waals surface area contributed by atoms with E-state index in [-0.39, 0.29) is 54.1 Å². The maximum absolute atomic E-state index is 13.0. The predicted octanol–water partition coefficient (Wildman–Crippen LogP) is 6.08. The van der Waals surface area contributed by atoms with E-state index in [0.717, 1.165) is 6.42 Å². The third kappa shape index (κ3) is 7.43. The van der Waals surface area contributed by atoms with Crippen LogP contribution < -0.4 is 0 Å². The maximum Gasteiger partial charge on any atom is 0.338 e. The van der Waals surface area contributed by atoms with Crippen LogP contribution in [-0.4, -0.2) is 36.7 Å². The van der Waals surface area contributed by atoms with Crippen molar-refractivity contribution < 1.29 is 28.6 Å². The van der Waals surface area contributed by atoms with Gasteiger partial charge in [-0.25, -0.2) is 4.79 Å². The zero-order valence-corrected chi connectivity index (χ0v) is 22.8. The Balaban J connectivity index is 1.97. The van der Waals surface area contributed by atoms with E-state index < -0.39 is 12.2 Å². The smallest absolute Gasteiger partial charge is 0.338 e. The summed E-state index contributed by atoms with van der Waals surface area (Å²) in [5.41, 5.74) is 2.96. The van der Waals surface area contributed by atoms with Crippen LogP contribution in [0.3, 0.4) is 0 Å². The Hall–Kier alpha value is -3.15. The van der Waals surface area contributed by atoms with Crippen molar-refractivity contribution in [1.29, 1.82) is 0 Å². The molecule has 0 heterocycles. The first-order chi connectivity index (χ1) is 17.6. The first-order valence-corrected chi connectivity index (χ1v) is 13.1. The van der Waals surface area contributed by atoms with Gasteiger partial charge in [-0.3, -0.25) is 9.59 Å². The van der Waals surface area contributed by atoms with E-state index in [0.29, 0.717) is 12.0 Å². The van der Waals surface area contributed by atoms with Gasteiger partial charge < -0.3 is 14.2 Å². The molecule has 37 heavy (non-hydrogen) atoms. The molecule has 0 amide bonds. The molecule has 0 bridgehead atoms. The number of carbonyl (C=O) groups is 3. The lowest BCUT2D eigenvalue weighted by molar-refractivity contribution is -0.152. The Kier molecular flexibility index (Phi) is 9.90. The SMILES string of the molecule is CC(=O)OC[C@H]1[C@H]([C@@H]2[C@H](C)C=C[C@H]2OC(=O)c2ccccc2)[C@H](/C(C)=C\CC=C(C)C)C[C@H]1OC(C)=O. The second-order valence-corrected chi connectivity index (χ2v) is 10.6.